The largest absolute Gasteiger partial charge is 0.294 e. The van der Waals surface area contributed by atoms with Crippen LogP contribution >= 0.6 is 11.3 Å². The zero-order valence-corrected chi connectivity index (χ0v) is 11.5. The first-order chi connectivity index (χ1) is 9.25. The Kier molecular flexibility index (Phi) is 3.18. The maximum Gasteiger partial charge on any atom is 0.167 e. The highest BCUT2D eigenvalue weighted by atomic mass is 32.1. The standard InChI is InChI=1S/C17H14OS/c1-12-6-5-9-15-14(11-19-17(12)15)10-16(18)13-7-3-2-4-8-13/h2-9,11H,10H2,1H3. The molecule has 3 aromatic rings. The van der Waals surface area contributed by atoms with E-state index in [1.807, 2.05) is 30.3 Å². The molecule has 0 saturated carbocycles. The molecule has 0 fully saturated rings. The van der Waals surface area contributed by atoms with Crippen molar-refractivity contribution in [3.63, 3.8) is 0 Å². The highest BCUT2D eigenvalue weighted by molar-refractivity contribution is 7.17. The predicted molar refractivity (Wildman–Crippen MR) is 81.0 cm³/mol. The van der Waals surface area contributed by atoms with Crippen LogP contribution in [0.25, 0.3) is 10.1 Å². The van der Waals surface area contributed by atoms with Gasteiger partial charge in [-0.05, 0) is 28.8 Å². The molecule has 0 radical (unpaired) electrons. The smallest absolute Gasteiger partial charge is 0.167 e. The number of aryl methyl sites for hydroxylation is 1. The first kappa shape index (κ1) is 12.1. The lowest BCUT2D eigenvalue weighted by atomic mass is 10.0. The summed E-state index contributed by atoms with van der Waals surface area (Å²) >= 11 is 1.73. The molecule has 0 aliphatic heterocycles. The molecule has 0 saturated heterocycles. The van der Waals surface area contributed by atoms with Gasteiger partial charge in [0.25, 0.3) is 0 Å². The summed E-state index contributed by atoms with van der Waals surface area (Å²) < 4.78 is 1.29. The lowest BCUT2D eigenvalue weighted by Crippen LogP contribution is -2.02. The highest BCUT2D eigenvalue weighted by Crippen LogP contribution is 2.29. The Morgan fingerprint density at radius 3 is 2.63 bits per heavy atom. The van der Waals surface area contributed by atoms with Crippen LogP contribution in [0, 0.1) is 6.92 Å². The van der Waals surface area contributed by atoms with E-state index < -0.39 is 0 Å². The van der Waals surface area contributed by atoms with Crippen LogP contribution < -0.4 is 0 Å². The number of hydrogen-bond donors (Lipinski definition) is 0. The normalized spacial score (nSPS) is 10.8. The zero-order valence-electron chi connectivity index (χ0n) is 10.7. The summed E-state index contributed by atoms with van der Waals surface area (Å²) in [4.78, 5) is 12.2. The van der Waals surface area contributed by atoms with Crippen molar-refractivity contribution >= 4 is 27.2 Å². The Labute approximate surface area is 116 Å². The SMILES string of the molecule is Cc1cccc2c(CC(=O)c3ccccc3)csc12. The second-order valence-corrected chi connectivity index (χ2v) is 5.56. The molecule has 0 bridgehead atoms. The average Bonchev–Trinajstić information content (AvgIpc) is 2.84. The van der Waals surface area contributed by atoms with E-state index in [4.69, 9.17) is 0 Å². The molecule has 1 heterocycles. The van der Waals surface area contributed by atoms with Gasteiger partial charge in [-0.25, -0.2) is 0 Å². The van der Waals surface area contributed by atoms with E-state index >= 15 is 0 Å². The van der Waals surface area contributed by atoms with Gasteiger partial charge >= 0.3 is 0 Å². The van der Waals surface area contributed by atoms with E-state index in [0.29, 0.717) is 6.42 Å². The lowest BCUT2D eigenvalue weighted by Gasteiger charge is -2.01. The second kappa shape index (κ2) is 4.98. The molecule has 0 spiro atoms. The lowest BCUT2D eigenvalue weighted by molar-refractivity contribution is 0.0993. The van der Waals surface area contributed by atoms with Gasteiger partial charge in [-0.3, -0.25) is 4.79 Å². The number of carbonyl (C=O) groups is 1. The van der Waals surface area contributed by atoms with Gasteiger partial charge in [0.2, 0.25) is 0 Å². The molecule has 94 valence electrons. The summed E-state index contributed by atoms with van der Waals surface area (Å²) in [5, 5.41) is 3.33. The van der Waals surface area contributed by atoms with Gasteiger partial charge in [0.05, 0.1) is 0 Å². The molecular formula is C17H14OS. The number of benzene rings is 2. The van der Waals surface area contributed by atoms with Crippen LogP contribution in [0.3, 0.4) is 0 Å². The molecule has 0 aliphatic carbocycles. The van der Waals surface area contributed by atoms with Gasteiger partial charge < -0.3 is 0 Å². The third-order valence-electron chi connectivity index (χ3n) is 3.32. The van der Waals surface area contributed by atoms with Gasteiger partial charge in [0.15, 0.2) is 5.78 Å². The van der Waals surface area contributed by atoms with E-state index in [2.05, 4.69) is 30.5 Å². The first-order valence-corrected chi connectivity index (χ1v) is 7.17. The van der Waals surface area contributed by atoms with Crippen molar-refractivity contribution in [2.45, 2.75) is 13.3 Å². The Morgan fingerprint density at radius 2 is 1.84 bits per heavy atom. The summed E-state index contributed by atoms with van der Waals surface area (Å²) in [5.41, 5.74) is 3.20. The van der Waals surface area contributed by atoms with Crippen LogP contribution in [-0.4, -0.2) is 5.78 Å². The topological polar surface area (TPSA) is 17.1 Å². The van der Waals surface area contributed by atoms with Crippen LogP contribution in [0.5, 0.6) is 0 Å². The number of Topliss-reactive ketones (excluding diaryl/α,β-unsaturated/α-hetero) is 1. The second-order valence-electron chi connectivity index (χ2n) is 4.68. The first-order valence-electron chi connectivity index (χ1n) is 6.29. The summed E-state index contributed by atoms with van der Waals surface area (Å²) in [5.74, 6) is 0.182. The van der Waals surface area contributed by atoms with Crippen molar-refractivity contribution in [2.24, 2.45) is 0 Å². The fourth-order valence-corrected chi connectivity index (χ4v) is 3.34. The van der Waals surface area contributed by atoms with Crippen molar-refractivity contribution in [3.05, 3.63) is 70.6 Å². The Hall–Kier alpha value is -1.93. The average molecular weight is 266 g/mol. The van der Waals surface area contributed by atoms with Crippen molar-refractivity contribution < 1.29 is 4.79 Å². The molecule has 1 aromatic heterocycles. The van der Waals surface area contributed by atoms with Crippen molar-refractivity contribution in [2.75, 3.05) is 0 Å². The molecule has 0 atom stereocenters. The van der Waals surface area contributed by atoms with Gasteiger partial charge in [-0.2, -0.15) is 0 Å². The summed E-state index contributed by atoms with van der Waals surface area (Å²) in [7, 11) is 0. The maximum atomic E-state index is 12.2. The molecule has 0 amide bonds. The molecule has 0 N–H and O–H groups in total. The van der Waals surface area contributed by atoms with Crippen LogP contribution in [0.4, 0.5) is 0 Å². The summed E-state index contributed by atoms with van der Waals surface area (Å²) in [6.45, 7) is 2.11. The van der Waals surface area contributed by atoms with Crippen molar-refractivity contribution in [1.29, 1.82) is 0 Å². The molecule has 0 aliphatic rings. The monoisotopic (exact) mass is 266 g/mol. The van der Waals surface area contributed by atoms with Crippen LogP contribution in [0.2, 0.25) is 0 Å². The van der Waals surface area contributed by atoms with Crippen LogP contribution in [0.15, 0.2) is 53.9 Å². The highest BCUT2D eigenvalue weighted by Gasteiger charge is 2.11. The minimum atomic E-state index is 0.182. The molecule has 2 aromatic carbocycles. The molecule has 1 nitrogen and oxygen atoms in total. The molecule has 19 heavy (non-hydrogen) atoms. The van der Waals surface area contributed by atoms with E-state index in [1.54, 1.807) is 11.3 Å². The number of carbonyl (C=O) groups excluding carboxylic acids is 1. The Bertz CT molecular complexity index is 725. The Balaban J connectivity index is 1.94. The number of rotatable bonds is 3. The molecular weight excluding hydrogens is 252 g/mol. The molecule has 0 unspecified atom stereocenters. The molecule has 2 heteroatoms. The van der Waals surface area contributed by atoms with Gasteiger partial charge in [-0.15, -0.1) is 11.3 Å². The third-order valence-corrected chi connectivity index (χ3v) is 4.50. The van der Waals surface area contributed by atoms with Gasteiger partial charge in [-0.1, -0.05) is 48.5 Å². The summed E-state index contributed by atoms with van der Waals surface area (Å²) in [6.07, 6.45) is 0.480. The van der Waals surface area contributed by atoms with E-state index in [1.165, 1.54) is 15.6 Å². The summed E-state index contributed by atoms with van der Waals surface area (Å²) in [6, 6.07) is 15.8. The van der Waals surface area contributed by atoms with Crippen LogP contribution in [0.1, 0.15) is 21.5 Å². The number of ketones is 1. The minimum absolute atomic E-state index is 0.182. The van der Waals surface area contributed by atoms with Gasteiger partial charge in [0, 0.05) is 16.7 Å². The maximum absolute atomic E-state index is 12.2. The van der Waals surface area contributed by atoms with Crippen molar-refractivity contribution in [3.8, 4) is 0 Å². The Morgan fingerprint density at radius 1 is 1.05 bits per heavy atom. The van der Waals surface area contributed by atoms with E-state index in [9.17, 15) is 4.79 Å². The third kappa shape index (κ3) is 2.32. The van der Waals surface area contributed by atoms with Crippen molar-refractivity contribution in [1.82, 2.24) is 0 Å². The molecule has 3 rings (SSSR count). The van der Waals surface area contributed by atoms with E-state index in [0.717, 1.165) is 11.1 Å². The quantitative estimate of drug-likeness (QED) is 0.631. The fourth-order valence-electron chi connectivity index (χ4n) is 2.29. The number of fused-ring (bicyclic) bond motifs is 1. The fraction of sp³-hybridized carbons (Fsp3) is 0.118. The van der Waals surface area contributed by atoms with Gasteiger partial charge in [0.1, 0.15) is 0 Å². The zero-order chi connectivity index (χ0) is 13.2. The number of thiophene rings is 1. The number of hydrogen-bond acceptors (Lipinski definition) is 2. The minimum Gasteiger partial charge on any atom is -0.294 e. The predicted octanol–water partition coefficient (Wildman–Crippen LogP) is 4.64. The van der Waals surface area contributed by atoms with E-state index in [-0.39, 0.29) is 5.78 Å². The van der Waals surface area contributed by atoms with Crippen LogP contribution in [-0.2, 0) is 6.42 Å².